The van der Waals surface area contributed by atoms with Crippen LogP contribution < -0.4 is 0 Å². The van der Waals surface area contributed by atoms with Gasteiger partial charge in [-0.1, -0.05) is 32.4 Å². The van der Waals surface area contributed by atoms with Crippen LogP contribution in [0.25, 0.3) is 0 Å². The lowest BCUT2D eigenvalue weighted by atomic mass is 9.46. The summed E-state index contributed by atoms with van der Waals surface area (Å²) in [4.78, 5) is 12.4. The van der Waals surface area contributed by atoms with E-state index in [1.165, 1.54) is 6.92 Å². The second-order valence-corrected chi connectivity index (χ2v) is 23.5. The highest BCUT2D eigenvalue weighted by atomic mass is 16.8. The van der Waals surface area contributed by atoms with E-state index in [1.54, 1.807) is 6.92 Å². The van der Waals surface area contributed by atoms with Gasteiger partial charge in [-0.15, -0.1) is 0 Å². The van der Waals surface area contributed by atoms with Gasteiger partial charge in [-0.05, 0) is 62.2 Å². The highest BCUT2D eigenvalue weighted by Crippen LogP contribution is 2.71. The van der Waals surface area contributed by atoms with Gasteiger partial charge in [-0.3, -0.25) is 4.79 Å². The molecule has 10 rings (SSSR count). The van der Waals surface area contributed by atoms with Crippen molar-refractivity contribution in [3.05, 3.63) is 11.6 Å². The van der Waals surface area contributed by atoms with E-state index in [2.05, 4.69) is 19.9 Å². The van der Waals surface area contributed by atoms with E-state index < -0.39 is 172 Å². The Kier molecular flexibility index (Phi) is 15.6. The smallest absolute Gasteiger partial charge is 0.303 e. The van der Waals surface area contributed by atoms with Crippen LogP contribution in [0.5, 0.6) is 0 Å². The number of fused-ring (bicyclic) bond motifs is 7. The van der Waals surface area contributed by atoms with Crippen LogP contribution in [0.15, 0.2) is 11.6 Å². The third-order valence-electron chi connectivity index (χ3n) is 19.3. The lowest BCUT2D eigenvalue weighted by molar-refractivity contribution is -0.387. The van der Waals surface area contributed by atoms with E-state index in [0.717, 1.165) is 18.9 Å². The van der Waals surface area contributed by atoms with Crippen molar-refractivity contribution < 1.29 is 118 Å². The molecule has 1 unspecified atom stereocenters. The molecule has 9 fully saturated rings. The van der Waals surface area contributed by atoms with Gasteiger partial charge in [-0.25, -0.2) is 0 Å². The Morgan fingerprint density at radius 2 is 1.45 bits per heavy atom. The molecule has 6 aliphatic heterocycles. The molecular weight excluding hydrogens is 985 g/mol. The summed E-state index contributed by atoms with van der Waals surface area (Å²) >= 11 is 0. The summed E-state index contributed by atoms with van der Waals surface area (Å²) < 4.78 is 68.0. The van der Waals surface area contributed by atoms with E-state index in [0.29, 0.717) is 25.7 Å². The van der Waals surface area contributed by atoms with Crippen LogP contribution in [0, 0.1) is 46.3 Å². The number of carbonyl (C=O) groups is 1. The van der Waals surface area contributed by atoms with Gasteiger partial charge < -0.3 is 113 Å². The summed E-state index contributed by atoms with van der Waals surface area (Å²) in [6.07, 6.45) is -23.0. The minimum Gasteiger partial charge on any atom is -0.457 e. The minimum absolute atomic E-state index is 0.0194. The lowest BCUT2D eigenvalue weighted by Crippen LogP contribution is -2.66. The van der Waals surface area contributed by atoms with Gasteiger partial charge in [0.05, 0.1) is 70.2 Å². The molecular formula is C50H78O24. The fraction of sp³-hybridized carbons (Fsp3) is 0.940. The van der Waals surface area contributed by atoms with Gasteiger partial charge in [0.1, 0.15) is 66.6 Å². The maximum Gasteiger partial charge on any atom is 0.303 e. The molecule has 10 aliphatic rings. The van der Waals surface area contributed by atoms with Gasteiger partial charge in [-0.2, -0.15) is 0 Å². The minimum atomic E-state index is -2.12. The van der Waals surface area contributed by atoms with Crippen molar-refractivity contribution in [2.75, 3.05) is 39.6 Å². The largest absolute Gasteiger partial charge is 0.457 e. The molecule has 0 aromatic carbocycles. The molecule has 0 aromatic rings. The average Bonchev–Trinajstić information content (AvgIpc) is 4.01. The maximum absolute atomic E-state index is 12.4. The van der Waals surface area contributed by atoms with Crippen LogP contribution in [0.3, 0.4) is 0 Å². The molecule has 0 radical (unpaired) electrons. The number of aliphatic hydroxyl groups is 12. The van der Waals surface area contributed by atoms with Gasteiger partial charge in [0, 0.05) is 36.5 Å². The molecule has 1 spiro atoms. The molecule has 0 aromatic heterocycles. The Morgan fingerprint density at radius 3 is 2.15 bits per heavy atom. The molecule has 422 valence electrons. The van der Waals surface area contributed by atoms with E-state index in [9.17, 15) is 66.1 Å². The van der Waals surface area contributed by atoms with Crippen molar-refractivity contribution in [3.8, 4) is 0 Å². The first-order valence-corrected chi connectivity index (χ1v) is 26.4. The zero-order valence-corrected chi connectivity index (χ0v) is 42.3. The third-order valence-corrected chi connectivity index (χ3v) is 19.3. The van der Waals surface area contributed by atoms with Crippen LogP contribution in [0.1, 0.15) is 73.1 Å². The fourth-order valence-corrected chi connectivity index (χ4v) is 15.2. The number of hydrogen-bond acceptors (Lipinski definition) is 24. The SMILES string of the molecule is CC(=O)OC1[C@H](C)O[C@@H](O[C@H]2[C@H](O[C@@H]3C[C@H](O)CC4=CC[C@H]5[C@@H]6C[C@@H]7O[C@@]8(OC[C@H](C)[C@H](O)[C@@H]8O)[C@@H](CO)[C@@H]7[C@@]6(C)CC[C@@H]5[C@]43C)OC[C@H](O)[C@@H]2O[C@@H]2OC[C@@H](O)[C@H](O)[C@H]2O)[C@H](O)[C@@H]1O[C@@H]1OC[C@](O)(CO)[C@H]1O. The number of ether oxygens (including phenoxy) is 11. The number of esters is 1. The molecule has 6 heterocycles. The topological polar surface area (TPSA) is 361 Å². The predicted octanol–water partition coefficient (Wildman–Crippen LogP) is -3.59. The van der Waals surface area contributed by atoms with Gasteiger partial charge in [0.25, 0.3) is 0 Å². The number of rotatable bonds is 11. The average molecular weight is 1060 g/mol. The van der Waals surface area contributed by atoms with Crippen molar-refractivity contribution in [3.63, 3.8) is 0 Å². The van der Waals surface area contributed by atoms with Crippen molar-refractivity contribution in [1.82, 2.24) is 0 Å². The zero-order valence-electron chi connectivity index (χ0n) is 42.3. The number of aliphatic hydroxyl groups excluding tert-OH is 11. The molecule has 3 saturated carbocycles. The first-order valence-electron chi connectivity index (χ1n) is 26.4. The molecule has 24 heteroatoms. The predicted molar refractivity (Wildman–Crippen MR) is 244 cm³/mol. The van der Waals surface area contributed by atoms with Gasteiger partial charge in [0.15, 0.2) is 31.3 Å². The summed E-state index contributed by atoms with van der Waals surface area (Å²) in [5, 5.41) is 132. The molecule has 0 amide bonds. The van der Waals surface area contributed by atoms with E-state index in [1.807, 2.05) is 0 Å². The summed E-state index contributed by atoms with van der Waals surface area (Å²) in [7, 11) is 0. The van der Waals surface area contributed by atoms with Crippen LogP contribution in [0.2, 0.25) is 0 Å². The molecule has 12 N–H and O–H groups in total. The Bertz CT molecular complexity index is 2040. The summed E-state index contributed by atoms with van der Waals surface area (Å²) in [5.74, 6) is -3.29. The molecule has 6 saturated heterocycles. The number of hydrogen-bond donors (Lipinski definition) is 12. The fourth-order valence-electron chi connectivity index (χ4n) is 15.2. The monoisotopic (exact) mass is 1060 g/mol. The molecule has 4 aliphatic carbocycles. The van der Waals surface area contributed by atoms with Crippen LogP contribution >= 0.6 is 0 Å². The highest BCUT2D eigenvalue weighted by Gasteiger charge is 2.73. The van der Waals surface area contributed by atoms with Crippen molar-refractivity contribution in [2.24, 2.45) is 46.3 Å². The molecule has 24 nitrogen and oxygen atoms in total. The Morgan fingerprint density at radius 1 is 0.743 bits per heavy atom. The molecule has 30 atom stereocenters. The molecule has 74 heavy (non-hydrogen) atoms. The first kappa shape index (κ1) is 55.6. The van der Waals surface area contributed by atoms with Gasteiger partial charge >= 0.3 is 5.97 Å². The quantitative estimate of drug-likeness (QED) is 0.0703. The Balaban J connectivity index is 0.945. The number of carbonyl (C=O) groups excluding carboxylic acids is 1. The zero-order chi connectivity index (χ0) is 53.1. The number of allylic oxidation sites excluding steroid dienone is 1. The summed E-state index contributed by atoms with van der Waals surface area (Å²) in [6, 6.07) is 0. The van der Waals surface area contributed by atoms with E-state index in [4.69, 9.17) is 52.1 Å². The van der Waals surface area contributed by atoms with Crippen LogP contribution in [-0.4, -0.2) is 241 Å². The summed E-state index contributed by atoms with van der Waals surface area (Å²) in [5.41, 5.74) is -2.23. The van der Waals surface area contributed by atoms with Crippen molar-refractivity contribution >= 4 is 5.97 Å². The van der Waals surface area contributed by atoms with Crippen LogP contribution in [-0.2, 0) is 56.9 Å². The van der Waals surface area contributed by atoms with Crippen molar-refractivity contribution in [2.45, 2.75) is 207 Å². The van der Waals surface area contributed by atoms with E-state index >= 15 is 0 Å². The second-order valence-electron chi connectivity index (χ2n) is 23.5. The maximum atomic E-state index is 12.4. The van der Waals surface area contributed by atoms with Crippen molar-refractivity contribution in [1.29, 1.82) is 0 Å². The first-order chi connectivity index (χ1) is 35.0. The standard InChI is InChI=1S/C50H78O24/c1-19-14-67-50(41(61)33(19)57)27(13-51)32-30(74-50)12-26-24-7-6-22-10-23(54)11-31(48(22,5)25(24)8-9-47(26,32)4)70-45-40(38(29(56)16-65-45)71-43-35(59)34(58)28(55)15-64-43)73-44-36(60)39(37(20(2)68-44)69-21(3)53)72-46-42(62)49(63,17-52)18-66-46/h6,19-20,23-46,51-52,54-63H,7-18H2,1-5H3/t19-,20-,23+,24+,25-,26-,27-,28+,29-,30-,31+,32-,33-,34-,35+,36+,37?,38-,39-,40+,41-,42-,43-,44-,45-,46-,47-,48-,49+,50-/m0/s1. The summed E-state index contributed by atoms with van der Waals surface area (Å²) in [6.45, 7) is 6.31. The Hall–Kier alpha value is -1.67. The Labute approximate surface area is 428 Å². The van der Waals surface area contributed by atoms with Gasteiger partial charge in [0.2, 0.25) is 5.79 Å². The van der Waals surface area contributed by atoms with Crippen LogP contribution in [0.4, 0.5) is 0 Å². The van der Waals surface area contributed by atoms with E-state index in [-0.39, 0.29) is 60.7 Å². The molecule has 0 bridgehead atoms. The highest BCUT2D eigenvalue weighted by molar-refractivity contribution is 5.66. The third kappa shape index (κ3) is 9.04. The second kappa shape index (κ2) is 20.8. The normalized spacial score (nSPS) is 56.3. The lowest BCUT2D eigenvalue weighted by Gasteiger charge is -2.61.